The lowest BCUT2D eigenvalue weighted by molar-refractivity contribution is -0.140. The molecule has 0 saturated carbocycles. The number of carbonyl (C=O) groups is 2. The maximum absolute atomic E-state index is 12.7. The number of fused-ring (bicyclic) bond motifs is 1. The number of rotatable bonds is 5. The van der Waals surface area contributed by atoms with Gasteiger partial charge in [0.2, 0.25) is 0 Å². The van der Waals surface area contributed by atoms with E-state index in [-0.39, 0.29) is 0 Å². The number of benzene rings is 3. The van der Waals surface area contributed by atoms with E-state index in [0.717, 1.165) is 10.8 Å². The van der Waals surface area contributed by atoms with Crippen molar-refractivity contribution >= 4 is 22.5 Å². The molecule has 2 unspecified atom stereocenters. The van der Waals surface area contributed by atoms with Crippen molar-refractivity contribution < 1.29 is 14.7 Å². The van der Waals surface area contributed by atoms with E-state index in [9.17, 15) is 14.7 Å². The van der Waals surface area contributed by atoms with Gasteiger partial charge in [-0.2, -0.15) is 0 Å². The van der Waals surface area contributed by atoms with Crippen LogP contribution in [0.5, 0.6) is 0 Å². The summed E-state index contributed by atoms with van der Waals surface area (Å²) < 4.78 is 0. The highest BCUT2D eigenvalue weighted by molar-refractivity contribution is 6.09. The molecule has 0 spiro atoms. The Morgan fingerprint density at radius 2 is 1.46 bits per heavy atom. The molecule has 0 aliphatic carbocycles. The van der Waals surface area contributed by atoms with Gasteiger partial charge in [-0.05, 0) is 16.3 Å². The average Bonchev–Trinajstić information content (AvgIpc) is 2.61. The topological polar surface area (TPSA) is 80.4 Å². The average molecular weight is 319 g/mol. The van der Waals surface area contributed by atoms with Gasteiger partial charge in [-0.15, -0.1) is 0 Å². The lowest BCUT2D eigenvalue weighted by atomic mass is 9.85. The van der Waals surface area contributed by atoms with Crippen LogP contribution in [0.15, 0.2) is 72.8 Å². The van der Waals surface area contributed by atoms with Crippen LogP contribution in [0.3, 0.4) is 0 Å². The zero-order chi connectivity index (χ0) is 17.1. The summed E-state index contributed by atoms with van der Waals surface area (Å²) in [5, 5.41) is 11.4. The van der Waals surface area contributed by atoms with Crippen LogP contribution in [0.25, 0.3) is 10.8 Å². The normalized spacial score (nSPS) is 13.4. The van der Waals surface area contributed by atoms with E-state index in [1.165, 1.54) is 0 Å². The number of carboxylic acids is 1. The quantitative estimate of drug-likeness (QED) is 0.558. The highest BCUT2D eigenvalue weighted by atomic mass is 16.4. The van der Waals surface area contributed by atoms with Gasteiger partial charge in [-0.3, -0.25) is 9.59 Å². The van der Waals surface area contributed by atoms with E-state index in [0.29, 0.717) is 11.1 Å². The second-order valence-electron chi connectivity index (χ2n) is 5.64. The second kappa shape index (κ2) is 6.64. The van der Waals surface area contributed by atoms with Crippen molar-refractivity contribution in [3.63, 3.8) is 0 Å². The van der Waals surface area contributed by atoms with Gasteiger partial charge in [-0.25, -0.2) is 0 Å². The Kier molecular flexibility index (Phi) is 4.40. The first-order chi connectivity index (χ1) is 11.6. The van der Waals surface area contributed by atoms with E-state index in [1.807, 2.05) is 36.4 Å². The zero-order valence-electron chi connectivity index (χ0n) is 12.9. The smallest absolute Gasteiger partial charge is 0.316 e. The standard InChI is InChI=1S/C20H17NO3/c21-18(16-12-6-10-13-7-4-5-11-15(13)16)17(20(23)24)19(22)14-8-2-1-3-9-14/h1-12,17-18H,21H2,(H,23,24). The molecule has 0 bridgehead atoms. The summed E-state index contributed by atoms with van der Waals surface area (Å²) in [7, 11) is 0. The fourth-order valence-corrected chi connectivity index (χ4v) is 2.93. The second-order valence-corrected chi connectivity index (χ2v) is 5.64. The minimum absolute atomic E-state index is 0.348. The van der Waals surface area contributed by atoms with Crippen molar-refractivity contribution in [2.24, 2.45) is 11.7 Å². The Balaban J connectivity index is 2.05. The summed E-state index contributed by atoms with van der Waals surface area (Å²) in [5.41, 5.74) is 7.25. The molecule has 4 nitrogen and oxygen atoms in total. The van der Waals surface area contributed by atoms with Gasteiger partial charge < -0.3 is 10.8 Å². The molecule has 0 aliphatic rings. The number of Topliss-reactive ketones (excluding diaryl/α,β-unsaturated/α-hetero) is 1. The third-order valence-corrected chi connectivity index (χ3v) is 4.15. The summed E-state index contributed by atoms with van der Waals surface area (Å²) >= 11 is 0. The molecule has 3 aromatic carbocycles. The highest BCUT2D eigenvalue weighted by Crippen LogP contribution is 2.29. The molecule has 4 heteroatoms. The SMILES string of the molecule is NC(c1cccc2ccccc12)C(C(=O)O)C(=O)c1ccccc1. The molecule has 0 fully saturated rings. The molecule has 0 aromatic heterocycles. The van der Waals surface area contributed by atoms with Crippen LogP contribution in [0, 0.1) is 5.92 Å². The Morgan fingerprint density at radius 1 is 0.833 bits per heavy atom. The summed E-state index contributed by atoms with van der Waals surface area (Å²) in [6, 6.07) is 20.6. The first kappa shape index (κ1) is 15.9. The number of aliphatic carboxylic acids is 1. The van der Waals surface area contributed by atoms with E-state index < -0.39 is 23.7 Å². The minimum Gasteiger partial charge on any atom is -0.481 e. The molecular weight excluding hydrogens is 302 g/mol. The first-order valence-electron chi connectivity index (χ1n) is 7.65. The lowest BCUT2D eigenvalue weighted by Gasteiger charge is -2.21. The van der Waals surface area contributed by atoms with Crippen LogP contribution >= 0.6 is 0 Å². The van der Waals surface area contributed by atoms with Gasteiger partial charge in [0.1, 0.15) is 5.92 Å². The van der Waals surface area contributed by atoms with E-state index >= 15 is 0 Å². The van der Waals surface area contributed by atoms with Gasteiger partial charge in [0.05, 0.1) is 6.04 Å². The van der Waals surface area contributed by atoms with Crippen LogP contribution in [0.4, 0.5) is 0 Å². The van der Waals surface area contributed by atoms with Crippen LogP contribution in [0.2, 0.25) is 0 Å². The van der Waals surface area contributed by atoms with Crippen molar-refractivity contribution in [1.82, 2.24) is 0 Å². The van der Waals surface area contributed by atoms with Crippen molar-refractivity contribution in [2.75, 3.05) is 0 Å². The molecule has 3 aromatic rings. The number of nitrogens with two attached hydrogens (primary N) is 1. The molecule has 2 atom stereocenters. The Bertz CT molecular complexity index is 884. The molecule has 3 rings (SSSR count). The number of carboxylic acid groups (broad SMARTS) is 1. The van der Waals surface area contributed by atoms with Crippen molar-refractivity contribution in [1.29, 1.82) is 0 Å². The Labute approximate surface area is 139 Å². The number of carbonyl (C=O) groups excluding carboxylic acids is 1. The molecule has 24 heavy (non-hydrogen) atoms. The van der Waals surface area contributed by atoms with Crippen LogP contribution < -0.4 is 5.73 Å². The van der Waals surface area contributed by atoms with Crippen molar-refractivity contribution in [2.45, 2.75) is 6.04 Å². The Hall–Kier alpha value is -2.98. The number of hydrogen-bond acceptors (Lipinski definition) is 3. The fourth-order valence-electron chi connectivity index (χ4n) is 2.93. The predicted octanol–water partition coefficient (Wildman–Crippen LogP) is 3.42. The third kappa shape index (κ3) is 2.92. The first-order valence-corrected chi connectivity index (χ1v) is 7.65. The largest absolute Gasteiger partial charge is 0.481 e. The molecule has 0 amide bonds. The molecule has 120 valence electrons. The fraction of sp³-hybridized carbons (Fsp3) is 0.100. The van der Waals surface area contributed by atoms with E-state index in [4.69, 9.17) is 5.73 Å². The molecule has 0 heterocycles. The molecule has 0 aliphatic heterocycles. The Morgan fingerprint density at radius 3 is 2.17 bits per heavy atom. The molecule has 3 N–H and O–H groups in total. The van der Waals surface area contributed by atoms with Gasteiger partial charge >= 0.3 is 5.97 Å². The monoisotopic (exact) mass is 319 g/mol. The van der Waals surface area contributed by atoms with Crippen LogP contribution in [-0.2, 0) is 4.79 Å². The number of hydrogen-bond donors (Lipinski definition) is 2. The third-order valence-electron chi connectivity index (χ3n) is 4.15. The van der Waals surface area contributed by atoms with Crippen LogP contribution in [0.1, 0.15) is 22.0 Å². The maximum atomic E-state index is 12.7. The van der Waals surface area contributed by atoms with Gasteiger partial charge in [0.15, 0.2) is 5.78 Å². The number of ketones is 1. The van der Waals surface area contributed by atoms with Gasteiger partial charge in [-0.1, -0.05) is 72.8 Å². The van der Waals surface area contributed by atoms with Gasteiger partial charge in [0, 0.05) is 5.56 Å². The van der Waals surface area contributed by atoms with E-state index in [1.54, 1.807) is 36.4 Å². The molecule has 0 saturated heterocycles. The highest BCUT2D eigenvalue weighted by Gasteiger charge is 2.34. The minimum atomic E-state index is -1.33. The van der Waals surface area contributed by atoms with Crippen molar-refractivity contribution in [3.05, 3.63) is 83.9 Å². The van der Waals surface area contributed by atoms with Crippen LogP contribution in [-0.4, -0.2) is 16.9 Å². The van der Waals surface area contributed by atoms with Crippen molar-refractivity contribution in [3.8, 4) is 0 Å². The van der Waals surface area contributed by atoms with Gasteiger partial charge in [0.25, 0.3) is 0 Å². The van der Waals surface area contributed by atoms with E-state index in [2.05, 4.69) is 0 Å². The summed E-state index contributed by atoms with van der Waals surface area (Å²) in [4.78, 5) is 24.4. The summed E-state index contributed by atoms with van der Waals surface area (Å²) in [6.45, 7) is 0. The molecule has 0 radical (unpaired) electrons. The summed E-state index contributed by atoms with van der Waals surface area (Å²) in [5.74, 6) is -3.04. The maximum Gasteiger partial charge on any atom is 0.316 e. The lowest BCUT2D eigenvalue weighted by Crippen LogP contribution is -2.35. The summed E-state index contributed by atoms with van der Waals surface area (Å²) in [6.07, 6.45) is 0. The zero-order valence-corrected chi connectivity index (χ0v) is 12.9. The molecular formula is C20H17NO3. The predicted molar refractivity (Wildman–Crippen MR) is 92.8 cm³/mol.